The third-order valence-corrected chi connectivity index (χ3v) is 2.80. The number of rotatable bonds is 1. The topological polar surface area (TPSA) is 66.6 Å². The molecule has 1 unspecified atom stereocenters. The van der Waals surface area contributed by atoms with Crippen LogP contribution in [0.25, 0.3) is 0 Å². The second-order valence-electron chi connectivity index (χ2n) is 4.66. The minimum atomic E-state index is -0.789. The Balaban J connectivity index is 2.10. The van der Waals surface area contributed by atoms with E-state index in [1.807, 2.05) is 0 Å². The minimum Gasteiger partial charge on any atom is -0.388 e. The second kappa shape index (κ2) is 3.90. The van der Waals surface area contributed by atoms with Crippen molar-refractivity contribution in [1.82, 2.24) is 10.1 Å². The van der Waals surface area contributed by atoms with Crippen molar-refractivity contribution in [2.45, 2.75) is 32.3 Å². The van der Waals surface area contributed by atoms with Gasteiger partial charge in [0.1, 0.15) is 0 Å². The predicted molar refractivity (Wildman–Crippen MR) is 57.0 cm³/mol. The van der Waals surface area contributed by atoms with Crippen molar-refractivity contribution in [3.8, 4) is 0 Å². The molecule has 0 spiro atoms. The van der Waals surface area contributed by atoms with Gasteiger partial charge in [-0.3, -0.25) is 4.79 Å². The largest absolute Gasteiger partial charge is 0.388 e. The molecule has 1 aliphatic heterocycles. The smallest absolute Gasteiger partial charge is 0.292 e. The average Bonchev–Trinajstić information content (AvgIpc) is 2.62. The molecular formula is C11H16N2O3. The number of hydrogen-bond acceptors (Lipinski definition) is 4. The Morgan fingerprint density at radius 3 is 3.00 bits per heavy atom. The van der Waals surface area contributed by atoms with Gasteiger partial charge < -0.3 is 14.5 Å². The fraction of sp³-hybridized carbons (Fsp3) is 0.636. The predicted octanol–water partition coefficient (Wildman–Crippen LogP) is 0.970. The third kappa shape index (κ3) is 2.24. The fourth-order valence-electron chi connectivity index (χ4n) is 2.01. The van der Waals surface area contributed by atoms with Crippen LogP contribution in [0.2, 0.25) is 0 Å². The number of likely N-dealkylation sites (tertiary alicyclic amines) is 1. The van der Waals surface area contributed by atoms with Gasteiger partial charge in [-0.15, -0.1) is 0 Å². The third-order valence-electron chi connectivity index (χ3n) is 2.80. The van der Waals surface area contributed by atoms with Crippen LogP contribution in [0.4, 0.5) is 0 Å². The lowest BCUT2D eigenvalue weighted by atomic mass is 9.95. The fourth-order valence-corrected chi connectivity index (χ4v) is 2.01. The summed E-state index contributed by atoms with van der Waals surface area (Å²) in [5.41, 5.74) is -0.102. The van der Waals surface area contributed by atoms with E-state index in [9.17, 15) is 9.90 Å². The van der Waals surface area contributed by atoms with Crippen LogP contribution >= 0.6 is 0 Å². The van der Waals surface area contributed by atoms with Gasteiger partial charge in [0, 0.05) is 19.2 Å². The number of nitrogens with zero attached hydrogens (tertiary/aromatic N) is 2. The molecule has 1 aromatic rings. The van der Waals surface area contributed by atoms with Crippen LogP contribution in [0.3, 0.4) is 0 Å². The Hall–Kier alpha value is -1.36. The number of hydrogen-bond donors (Lipinski definition) is 1. The molecule has 2 heterocycles. The first-order valence-corrected chi connectivity index (χ1v) is 5.43. The molecule has 1 amide bonds. The van der Waals surface area contributed by atoms with Crippen molar-refractivity contribution < 1.29 is 14.4 Å². The number of carbonyl (C=O) groups is 1. The first kappa shape index (κ1) is 11.1. The zero-order chi connectivity index (χ0) is 11.8. The Morgan fingerprint density at radius 2 is 2.44 bits per heavy atom. The number of piperidine rings is 1. The van der Waals surface area contributed by atoms with Gasteiger partial charge in [0.2, 0.25) is 5.76 Å². The lowest BCUT2D eigenvalue weighted by Gasteiger charge is -2.36. The van der Waals surface area contributed by atoms with Gasteiger partial charge in [0.25, 0.3) is 5.91 Å². The van der Waals surface area contributed by atoms with Gasteiger partial charge >= 0.3 is 0 Å². The monoisotopic (exact) mass is 224 g/mol. The Kier molecular flexibility index (Phi) is 2.71. The van der Waals surface area contributed by atoms with Crippen LogP contribution in [0, 0.1) is 6.92 Å². The summed E-state index contributed by atoms with van der Waals surface area (Å²) >= 11 is 0. The van der Waals surface area contributed by atoms with Gasteiger partial charge in [0.15, 0.2) is 0 Å². The molecule has 0 bridgehead atoms. The van der Waals surface area contributed by atoms with Gasteiger partial charge in [-0.2, -0.15) is 0 Å². The van der Waals surface area contributed by atoms with Crippen molar-refractivity contribution in [3.05, 3.63) is 17.5 Å². The van der Waals surface area contributed by atoms with Crippen LogP contribution in [-0.4, -0.2) is 39.8 Å². The SMILES string of the molecule is Cc1cc(C(=O)N2CCCC(C)(O)C2)on1. The molecule has 1 aliphatic rings. The molecular weight excluding hydrogens is 208 g/mol. The molecule has 0 aromatic carbocycles. The molecule has 0 saturated carbocycles. The maximum absolute atomic E-state index is 12.0. The van der Waals surface area contributed by atoms with Crippen molar-refractivity contribution >= 4 is 5.91 Å². The maximum Gasteiger partial charge on any atom is 0.292 e. The summed E-state index contributed by atoms with van der Waals surface area (Å²) in [7, 11) is 0. The highest BCUT2D eigenvalue weighted by atomic mass is 16.5. The summed E-state index contributed by atoms with van der Waals surface area (Å²) in [4.78, 5) is 13.6. The molecule has 1 atom stereocenters. The van der Waals surface area contributed by atoms with Crippen LogP contribution in [0.5, 0.6) is 0 Å². The molecule has 1 saturated heterocycles. The lowest BCUT2D eigenvalue weighted by Crippen LogP contribution is -2.48. The maximum atomic E-state index is 12.0. The van der Waals surface area contributed by atoms with Crippen molar-refractivity contribution in [1.29, 1.82) is 0 Å². The van der Waals surface area contributed by atoms with Crippen molar-refractivity contribution in [3.63, 3.8) is 0 Å². The highest BCUT2D eigenvalue weighted by Crippen LogP contribution is 2.21. The van der Waals surface area contributed by atoms with E-state index in [2.05, 4.69) is 5.16 Å². The molecule has 0 radical (unpaired) electrons. The van der Waals surface area contributed by atoms with E-state index in [4.69, 9.17) is 4.52 Å². The van der Waals surface area contributed by atoms with Crippen molar-refractivity contribution in [2.75, 3.05) is 13.1 Å². The molecule has 2 rings (SSSR count). The summed E-state index contributed by atoms with van der Waals surface area (Å²) in [5, 5.41) is 13.6. The number of aliphatic hydroxyl groups is 1. The first-order chi connectivity index (χ1) is 7.48. The molecule has 0 aliphatic carbocycles. The Morgan fingerprint density at radius 1 is 1.69 bits per heavy atom. The van der Waals surface area contributed by atoms with Crippen molar-refractivity contribution in [2.24, 2.45) is 0 Å². The van der Waals surface area contributed by atoms with E-state index < -0.39 is 5.60 Å². The summed E-state index contributed by atoms with van der Waals surface area (Å²) in [5.74, 6) is 0.0516. The van der Waals surface area contributed by atoms with Crippen LogP contribution < -0.4 is 0 Å². The van der Waals surface area contributed by atoms with E-state index in [1.165, 1.54) is 0 Å². The standard InChI is InChI=1S/C11H16N2O3/c1-8-6-9(16-12-8)10(14)13-5-3-4-11(2,15)7-13/h6,15H,3-5,7H2,1-2H3. The highest BCUT2D eigenvalue weighted by Gasteiger charge is 2.32. The molecule has 1 N–H and O–H groups in total. The van der Waals surface area contributed by atoms with Crippen LogP contribution in [0.15, 0.2) is 10.6 Å². The molecule has 1 fully saturated rings. The summed E-state index contributed by atoms with van der Waals surface area (Å²) in [6.07, 6.45) is 1.54. The Bertz CT molecular complexity index is 398. The van der Waals surface area contributed by atoms with Gasteiger partial charge in [0.05, 0.1) is 11.3 Å². The van der Waals surface area contributed by atoms with Gasteiger partial charge in [-0.05, 0) is 26.7 Å². The quantitative estimate of drug-likeness (QED) is 0.771. The number of β-amino-alcohol motifs (C(OH)–C–C–N with tert-alkyl or cyclic N) is 1. The molecule has 5 heteroatoms. The first-order valence-electron chi connectivity index (χ1n) is 5.43. The zero-order valence-corrected chi connectivity index (χ0v) is 9.56. The number of amides is 1. The Labute approximate surface area is 94.0 Å². The number of carbonyl (C=O) groups excluding carboxylic acids is 1. The van der Waals surface area contributed by atoms with E-state index >= 15 is 0 Å². The average molecular weight is 224 g/mol. The van der Waals surface area contributed by atoms with E-state index in [0.717, 1.165) is 12.8 Å². The summed E-state index contributed by atoms with van der Waals surface area (Å²) in [6, 6.07) is 1.62. The van der Waals surface area contributed by atoms with Gasteiger partial charge in [-0.25, -0.2) is 0 Å². The summed E-state index contributed by atoms with van der Waals surface area (Å²) in [6.45, 7) is 4.53. The zero-order valence-electron chi connectivity index (χ0n) is 9.56. The number of aryl methyl sites for hydroxylation is 1. The highest BCUT2D eigenvalue weighted by molar-refractivity contribution is 5.91. The number of aromatic nitrogens is 1. The normalized spacial score (nSPS) is 25.8. The van der Waals surface area contributed by atoms with Gasteiger partial charge in [-0.1, -0.05) is 5.16 Å². The molecule has 88 valence electrons. The van der Waals surface area contributed by atoms with Crippen LogP contribution in [0.1, 0.15) is 36.0 Å². The molecule has 16 heavy (non-hydrogen) atoms. The van der Waals surface area contributed by atoms with E-state index in [-0.39, 0.29) is 11.7 Å². The molecule has 1 aromatic heterocycles. The second-order valence-corrected chi connectivity index (χ2v) is 4.66. The lowest BCUT2D eigenvalue weighted by molar-refractivity contribution is -0.0119. The molecule has 5 nitrogen and oxygen atoms in total. The summed E-state index contributed by atoms with van der Waals surface area (Å²) < 4.78 is 4.92. The van der Waals surface area contributed by atoms with Crippen LogP contribution in [-0.2, 0) is 0 Å². The minimum absolute atomic E-state index is 0.194. The van der Waals surface area contributed by atoms with E-state index in [1.54, 1.807) is 24.8 Å². The van der Waals surface area contributed by atoms with E-state index in [0.29, 0.717) is 18.8 Å².